The van der Waals surface area contributed by atoms with Gasteiger partial charge in [-0.25, -0.2) is 0 Å². The van der Waals surface area contributed by atoms with E-state index in [0.717, 1.165) is 18.7 Å². The maximum Gasteiger partial charge on any atom is 0.123 e. The normalized spacial score (nSPS) is 29.8. The Morgan fingerprint density at radius 1 is 1.26 bits per heavy atom. The topological polar surface area (TPSA) is 30.5 Å². The number of ether oxygens (including phenoxy) is 2. The second kappa shape index (κ2) is 5.93. The lowest BCUT2D eigenvalue weighted by molar-refractivity contribution is 0.0386. The predicted molar refractivity (Wildman–Crippen MR) is 75.6 cm³/mol. The molecule has 0 bridgehead atoms. The SMILES string of the molecule is COC1CCCCC1NCC1Cc2ccccc2O1. The summed E-state index contributed by atoms with van der Waals surface area (Å²) in [4.78, 5) is 0. The van der Waals surface area contributed by atoms with Gasteiger partial charge in [0.2, 0.25) is 0 Å². The molecule has 0 spiro atoms. The van der Waals surface area contributed by atoms with Gasteiger partial charge in [-0.1, -0.05) is 31.0 Å². The van der Waals surface area contributed by atoms with Gasteiger partial charge in [0.15, 0.2) is 0 Å². The monoisotopic (exact) mass is 261 g/mol. The molecule has 0 aromatic heterocycles. The largest absolute Gasteiger partial charge is 0.488 e. The average Bonchev–Trinajstić information content (AvgIpc) is 2.88. The van der Waals surface area contributed by atoms with Crippen molar-refractivity contribution >= 4 is 0 Å². The zero-order valence-corrected chi connectivity index (χ0v) is 11.6. The summed E-state index contributed by atoms with van der Waals surface area (Å²) >= 11 is 0. The Labute approximate surface area is 115 Å². The van der Waals surface area contributed by atoms with Gasteiger partial charge >= 0.3 is 0 Å². The van der Waals surface area contributed by atoms with Crippen molar-refractivity contribution in [1.29, 1.82) is 0 Å². The zero-order chi connectivity index (χ0) is 13.1. The van der Waals surface area contributed by atoms with Crippen LogP contribution < -0.4 is 10.1 Å². The third-order valence-electron chi connectivity index (χ3n) is 4.33. The molecule has 1 saturated carbocycles. The van der Waals surface area contributed by atoms with Crippen LogP contribution in [0.5, 0.6) is 5.75 Å². The molecule has 1 heterocycles. The Morgan fingerprint density at radius 2 is 2.11 bits per heavy atom. The molecule has 1 aliphatic carbocycles. The molecule has 3 atom stereocenters. The van der Waals surface area contributed by atoms with Crippen LogP contribution in [0, 0.1) is 0 Å². The molecule has 1 aromatic rings. The van der Waals surface area contributed by atoms with Crippen LogP contribution >= 0.6 is 0 Å². The quantitative estimate of drug-likeness (QED) is 0.903. The van der Waals surface area contributed by atoms with Crippen LogP contribution in [-0.4, -0.2) is 31.9 Å². The van der Waals surface area contributed by atoms with Crippen molar-refractivity contribution in [2.75, 3.05) is 13.7 Å². The van der Waals surface area contributed by atoms with Crippen LogP contribution in [0.2, 0.25) is 0 Å². The Bertz CT molecular complexity index is 396. The molecule has 1 aromatic carbocycles. The van der Waals surface area contributed by atoms with Crippen LogP contribution in [0.4, 0.5) is 0 Å². The van der Waals surface area contributed by atoms with Crippen molar-refractivity contribution < 1.29 is 9.47 Å². The fraction of sp³-hybridized carbons (Fsp3) is 0.625. The van der Waals surface area contributed by atoms with Gasteiger partial charge in [0.1, 0.15) is 11.9 Å². The number of fused-ring (bicyclic) bond motifs is 1. The standard InChI is InChI=1S/C16H23NO2/c1-18-16-9-5-3-7-14(16)17-11-13-10-12-6-2-4-8-15(12)19-13/h2,4,6,8,13-14,16-17H,3,5,7,9-11H2,1H3. The van der Waals surface area contributed by atoms with Crippen molar-refractivity contribution in [2.45, 2.75) is 50.4 Å². The van der Waals surface area contributed by atoms with E-state index < -0.39 is 0 Å². The molecule has 2 aliphatic rings. The van der Waals surface area contributed by atoms with E-state index in [1.807, 2.05) is 13.2 Å². The van der Waals surface area contributed by atoms with Crippen molar-refractivity contribution in [3.05, 3.63) is 29.8 Å². The van der Waals surface area contributed by atoms with Gasteiger partial charge in [-0.05, 0) is 24.5 Å². The van der Waals surface area contributed by atoms with E-state index in [2.05, 4.69) is 23.5 Å². The Morgan fingerprint density at radius 3 is 2.95 bits per heavy atom. The van der Waals surface area contributed by atoms with Gasteiger partial charge in [0.05, 0.1) is 6.10 Å². The highest BCUT2D eigenvalue weighted by Crippen LogP contribution is 2.28. The molecule has 0 saturated heterocycles. The summed E-state index contributed by atoms with van der Waals surface area (Å²) in [7, 11) is 1.83. The lowest BCUT2D eigenvalue weighted by Gasteiger charge is -2.31. The van der Waals surface area contributed by atoms with Crippen LogP contribution in [-0.2, 0) is 11.2 Å². The summed E-state index contributed by atoms with van der Waals surface area (Å²) in [6, 6.07) is 8.84. The number of methoxy groups -OCH3 is 1. The summed E-state index contributed by atoms with van der Waals surface area (Å²) in [6.07, 6.45) is 6.67. The fourth-order valence-corrected chi connectivity index (χ4v) is 3.26. The number of hydrogen-bond donors (Lipinski definition) is 1. The molecule has 3 unspecified atom stereocenters. The first-order chi connectivity index (χ1) is 9.36. The van der Waals surface area contributed by atoms with Crippen molar-refractivity contribution in [3.8, 4) is 5.75 Å². The molecule has 19 heavy (non-hydrogen) atoms. The van der Waals surface area contributed by atoms with E-state index in [9.17, 15) is 0 Å². The molecule has 3 heteroatoms. The zero-order valence-electron chi connectivity index (χ0n) is 11.6. The van der Waals surface area contributed by atoms with Crippen molar-refractivity contribution in [3.63, 3.8) is 0 Å². The molecule has 1 fully saturated rings. The maximum atomic E-state index is 5.96. The first kappa shape index (κ1) is 12.9. The highest BCUT2D eigenvalue weighted by molar-refractivity contribution is 5.37. The summed E-state index contributed by atoms with van der Waals surface area (Å²) in [5.41, 5.74) is 1.33. The molecule has 0 radical (unpaired) electrons. The van der Waals surface area contributed by atoms with Gasteiger partial charge in [0, 0.05) is 26.1 Å². The fourth-order valence-electron chi connectivity index (χ4n) is 3.26. The molecule has 3 nitrogen and oxygen atoms in total. The molecule has 0 amide bonds. The number of nitrogens with one attached hydrogen (secondary N) is 1. The van der Waals surface area contributed by atoms with Gasteiger partial charge in [0.25, 0.3) is 0 Å². The lowest BCUT2D eigenvalue weighted by Crippen LogP contribution is -2.46. The number of benzene rings is 1. The number of para-hydroxylation sites is 1. The Kier molecular flexibility index (Phi) is 4.04. The molecule has 1 aliphatic heterocycles. The van der Waals surface area contributed by atoms with E-state index in [1.165, 1.54) is 31.2 Å². The highest BCUT2D eigenvalue weighted by atomic mass is 16.5. The van der Waals surface area contributed by atoms with E-state index >= 15 is 0 Å². The Hall–Kier alpha value is -1.06. The summed E-state index contributed by atoms with van der Waals surface area (Å²) in [6.45, 7) is 0.916. The lowest BCUT2D eigenvalue weighted by atomic mass is 9.92. The van der Waals surface area contributed by atoms with Crippen LogP contribution in [0.3, 0.4) is 0 Å². The molecule has 104 valence electrons. The van der Waals surface area contributed by atoms with Crippen LogP contribution in [0.15, 0.2) is 24.3 Å². The van der Waals surface area contributed by atoms with Crippen LogP contribution in [0.1, 0.15) is 31.2 Å². The van der Waals surface area contributed by atoms with Crippen molar-refractivity contribution in [2.24, 2.45) is 0 Å². The predicted octanol–water partition coefficient (Wildman–Crippen LogP) is 2.54. The van der Waals surface area contributed by atoms with Gasteiger partial charge in [-0.15, -0.1) is 0 Å². The third kappa shape index (κ3) is 2.93. The Balaban J connectivity index is 1.51. The van der Waals surface area contributed by atoms with E-state index in [-0.39, 0.29) is 6.10 Å². The number of rotatable bonds is 4. The summed E-state index contributed by atoms with van der Waals surface area (Å²) in [5.74, 6) is 1.06. The van der Waals surface area contributed by atoms with Gasteiger partial charge < -0.3 is 14.8 Å². The second-order valence-corrected chi connectivity index (χ2v) is 5.63. The highest BCUT2D eigenvalue weighted by Gasteiger charge is 2.27. The van der Waals surface area contributed by atoms with Gasteiger partial charge in [-0.2, -0.15) is 0 Å². The maximum absolute atomic E-state index is 5.96. The van der Waals surface area contributed by atoms with Crippen molar-refractivity contribution in [1.82, 2.24) is 5.32 Å². The first-order valence-corrected chi connectivity index (χ1v) is 7.37. The van der Waals surface area contributed by atoms with Crippen LogP contribution in [0.25, 0.3) is 0 Å². The van der Waals surface area contributed by atoms with E-state index in [0.29, 0.717) is 12.1 Å². The molecule has 3 rings (SSSR count). The van der Waals surface area contributed by atoms with E-state index in [1.54, 1.807) is 0 Å². The summed E-state index contributed by atoms with van der Waals surface area (Å²) in [5, 5.41) is 3.65. The summed E-state index contributed by atoms with van der Waals surface area (Å²) < 4.78 is 11.5. The minimum Gasteiger partial charge on any atom is -0.488 e. The minimum absolute atomic E-state index is 0.275. The van der Waals surface area contributed by atoms with E-state index in [4.69, 9.17) is 9.47 Å². The third-order valence-corrected chi connectivity index (χ3v) is 4.33. The molecular weight excluding hydrogens is 238 g/mol. The number of hydrogen-bond acceptors (Lipinski definition) is 3. The van der Waals surface area contributed by atoms with Gasteiger partial charge in [-0.3, -0.25) is 0 Å². The second-order valence-electron chi connectivity index (χ2n) is 5.63. The molecule has 1 N–H and O–H groups in total. The molecular formula is C16H23NO2. The smallest absolute Gasteiger partial charge is 0.123 e. The first-order valence-electron chi connectivity index (χ1n) is 7.37. The minimum atomic E-state index is 0.275. The average molecular weight is 261 g/mol.